The summed E-state index contributed by atoms with van der Waals surface area (Å²) < 4.78 is 42.6. The minimum Gasteiger partial charge on any atom is -0.313 e. The Morgan fingerprint density at radius 2 is 1.89 bits per heavy atom. The third-order valence-electron chi connectivity index (χ3n) is 4.45. The van der Waals surface area contributed by atoms with E-state index in [2.05, 4.69) is 21.9 Å². The topological polar surface area (TPSA) is 43.6 Å². The highest BCUT2D eigenvalue weighted by molar-refractivity contribution is 6.30. The lowest BCUT2D eigenvalue weighted by Gasteiger charge is -2.13. The Hall–Kier alpha value is -2.15. The first-order chi connectivity index (χ1) is 12.9. The van der Waals surface area contributed by atoms with Gasteiger partial charge in [0, 0.05) is 23.6 Å². The average Bonchev–Trinajstić information content (AvgIpc) is 2.99. The predicted molar refractivity (Wildman–Crippen MR) is 99.7 cm³/mol. The highest BCUT2D eigenvalue weighted by atomic mass is 35.5. The molecule has 0 atom stereocenters. The first kappa shape index (κ1) is 19.6. The summed E-state index contributed by atoms with van der Waals surface area (Å²) in [4.78, 5) is 13.0. The quantitative estimate of drug-likeness (QED) is 0.486. The number of nitrogens with zero attached hydrogens (tertiary/aromatic N) is 4. The van der Waals surface area contributed by atoms with Gasteiger partial charge in [-0.25, -0.2) is 15.0 Å². The van der Waals surface area contributed by atoms with Crippen LogP contribution in [-0.2, 0) is 19.1 Å². The summed E-state index contributed by atoms with van der Waals surface area (Å²) in [5, 5.41) is 0.0238. The van der Waals surface area contributed by atoms with Crippen LogP contribution in [0.15, 0.2) is 24.5 Å². The predicted octanol–water partition coefficient (Wildman–Crippen LogP) is 5.92. The maximum absolute atomic E-state index is 13.5. The van der Waals surface area contributed by atoms with Gasteiger partial charge in [0.2, 0.25) is 0 Å². The highest BCUT2D eigenvalue weighted by Crippen LogP contribution is 2.39. The van der Waals surface area contributed by atoms with Crippen molar-refractivity contribution in [2.45, 2.75) is 52.3 Å². The van der Waals surface area contributed by atoms with Gasteiger partial charge in [0.1, 0.15) is 23.4 Å². The zero-order valence-corrected chi connectivity index (χ0v) is 15.9. The number of aromatic nitrogens is 4. The Morgan fingerprint density at radius 3 is 2.56 bits per heavy atom. The summed E-state index contributed by atoms with van der Waals surface area (Å²) in [5.74, 6) is 0.797. The zero-order valence-electron chi connectivity index (χ0n) is 15.1. The van der Waals surface area contributed by atoms with Crippen molar-refractivity contribution in [2.24, 2.45) is 0 Å². The number of hydrogen-bond donors (Lipinski definition) is 0. The van der Waals surface area contributed by atoms with E-state index < -0.39 is 11.7 Å². The number of rotatable bonds is 6. The first-order valence-electron chi connectivity index (χ1n) is 8.94. The van der Waals surface area contributed by atoms with Gasteiger partial charge in [-0.2, -0.15) is 13.2 Å². The second-order valence-corrected chi connectivity index (χ2v) is 6.76. The molecule has 0 radical (unpaired) electrons. The Bertz CT molecular complexity index is 950. The molecular formula is C19H20ClF3N4. The summed E-state index contributed by atoms with van der Waals surface area (Å²) in [6.07, 6.45) is 0.514. The molecule has 0 aliphatic carbocycles. The van der Waals surface area contributed by atoms with Crippen LogP contribution in [0.4, 0.5) is 13.2 Å². The number of benzene rings is 1. The molecule has 0 N–H and O–H groups in total. The fraction of sp³-hybridized carbons (Fsp3) is 0.421. The van der Waals surface area contributed by atoms with Gasteiger partial charge in [-0.05, 0) is 18.6 Å². The van der Waals surface area contributed by atoms with Crippen molar-refractivity contribution in [1.29, 1.82) is 0 Å². The van der Waals surface area contributed by atoms with Crippen LogP contribution < -0.4 is 0 Å². The number of unbranched alkanes of at least 4 members (excludes halogenated alkanes) is 2. The Balaban J connectivity index is 2.20. The summed E-state index contributed by atoms with van der Waals surface area (Å²) in [7, 11) is 0. The van der Waals surface area contributed by atoms with Gasteiger partial charge in [0.15, 0.2) is 5.65 Å². The Kier molecular flexibility index (Phi) is 5.69. The van der Waals surface area contributed by atoms with E-state index in [0.717, 1.165) is 37.7 Å². The Labute approximate surface area is 160 Å². The van der Waals surface area contributed by atoms with E-state index in [9.17, 15) is 13.2 Å². The van der Waals surface area contributed by atoms with Gasteiger partial charge in [0.05, 0.1) is 5.56 Å². The lowest BCUT2D eigenvalue weighted by molar-refractivity contribution is -0.137. The summed E-state index contributed by atoms with van der Waals surface area (Å²) in [6, 6.07) is 3.69. The van der Waals surface area contributed by atoms with E-state index in [0.29, 0.717) is 17.6 Å². The molecule has 8 heteroatoms. The standard InChI is InChI=1S/C19H20ClF3N4/c1-3-5-6-9-27-15(4-2)26-17-16(24-11-25-18(17)27)13-8-7-12(20)10-14(13)19(21,22)23/h7-8,10-11H,3-6,9H2,1-2H3. The minimum atomic E-state index is -4.55. The molecule has 0 saturated heterocycles. The van der Waals surface area contributed by atoms with E-state index in [1.165, 1.54) is 18.5 Å². The number of fused-ring (bicyclic) bond motifs is 1. The van der Waals surface area contributed by atoms with E-state index in [-0.39, 0.29) is 16.3 Å². The van der Waals surface area contributed by atoms with Gasteiger partial charge in [0.25, 0.3) is 0 Å². The second kappa shape index (κ2) is 7.84. The molecule has 144 valence electrons. The molecule has 0 fully saturated rings. The van der Waals surface area contributed by atoms with E-state index in [1.807, 2.05) is 11.5 Å². The van der Waals surface area contributed by atoms with Crippen molar-refractivity contribution < 1.29 is 13.2 Å². The smallest absolute Gasteiger partial charge is 0.313 e. The molecule has 3 aromatic rings. The lowest BCUT2D eigenvalue weighted by atomic mass is 10.0. The summed E-state index contributed by atoms with van der Waals surface area (Å²) in [5.41, 5.74) is 0.261. The molecular weight excluding hydrogens is 377 g/mol. The van der Waals surface area contributed by atoms with Crippen molar-refractivity contribution in [3.63, 3.8) is 0 Å². The third-order valence-corrected chi connectivity index (χ3v) is 4.69. The summed E-state index contributed by atoms with van der Waals surface area (Å²) in [6.45, 7) is 4.82. The molecule has 0 saturated carbocycles. The maximum atomic E-state index is 13.5. The van der Waals surface area contributed by atoms with Crippen LogP contribution >= 0.6 is 11.6 Å². The number of imidazole rings is 1. The van der Waals surface area contributed by atoms with Crippen LogP contribution in [0.2, 0.25) is 5.02 Å². The highest BCUT2D eigenvalue weighted by Gasteiger charge is 2.35. The SMILES string of the molecule is CCCCCn1c(CC)nc2c(-c3ccc(Cl)cc3C(F)(F)F)ncnc21. The molecule has 2 aromatic heterocycles. The second-order valence-electron chi connectivity index (χ2n) is 6.32. The van der Waals surface area contributed by atoms with Crippen LogP contribution in [0.25, 0.3) is 22.4 Å². The van der Waals surface area contributed by atoms with Gasteiger partial charge in [-0.1, -0.05) is 44.4 Å². The number of alkyl halides is 3. The number of aryl methyl sites for hydroxylation is 2. The van der Waals surface area contributed by atoms with Crippen LogP contribution in [0.3, 0.4) is 0 Å². The van der Waals surface area contributed by atoms with Gasteiger partial charge in [-0.15, -0.1) is 0 Å². The molecule has 2 heterocycles. The molecule has 0 amide bonds. The van der Waals surface area contributed by atoms with Gasteiger partial charge >= 0.3 is 6.18 Å². The van der Waals surface area contributed by atoms with Crippen molar-refractivity contribution in [1.82, 2.24) is 19.5 Å². The van der Waals surface area contributed by atoms with Crippen LogP contribution in [-0.4, -0.2) is 19.5 Å². The molecule has 4 nitrogen and oxygen atoms in total. The number of halogens is 4. The van der Waals surface area contributed by atoms with Crippen molar-refractivity contribution in [3.05, 3.63) is 40.9 Å². The van der Waals surface area contributed by atoms with Gasteiger partial charge in [-0.3, -0.25) is 0 Å². The molecule has 0 bridgehead atoms. The van der Waals surface area contributed by atoms with Gasteiger partial charge < -0.3 is 4.57 Å². The molecule has 27 heavy (non-hydrogen) atoms. The minimum absolute atomic E-state index is 0.0238. The normalized spacial score (nSPS) is 12.1. The van der Waals surface area contributed by atoms with Crippen LogP contribution in [0, 0.1) is 0 Å². The van der Waals surface area contributed by atoms with Crippen molar-refractivity contribution in [2.75, 3.05) is 0 Å². The fourth-order valence-electron chi connectivity index (χ4n) is 3.16. The molecule has 3 rings (SSSR count). The summed E-state index contributed by atoms with van der Waals surface area (Å²) >= 11 is 5.80. The Morgan fingerprint density at radius 1 is 1.11 bits per heavy atom. The monoisotopic (exact) mass is 396 g/mol. The molecule has 0 aliphatic rings. The molecule has 0 spiro atoms. The largest absolute Gasteiger partial charge is 0.417 e. The average molecular weight is 397 g/mol. The lowest BCUT2D eigenvalue weighted by Crippen LogP contribution is -2.08. The number of hydrogen-bond acceptors (Lipinski definition) is 3. The molecule has 0 aliphatic heterocycles. The maximum Gasteiger partial charge on any atom is 0.417 e. The molecule has 1 aromatic carbocycles. The van der Waals surface area contributed by atoms with Crippen molar-refractivity contribution >= 4 is 22.8 Å². The fourth-order valence-corrected chi connectivity index (χ4v) is 3.33. The van der Waals surface area contributed by atoms with Crippen LogP contribution in [0.5, 0.6) is 0 Å². The molecule has 0 unspecified atom stereocenters. The first-order valence-corrected chi connectivity index (χ1v) is 9.31. The third kappa shape index (κ3) is 3.93. The van der Waals surface area contributed by atoms with E-state index in [4.69, 9.17) is 11.6 Å². The van der Waals surface area contributed by atoms with Crippen LogP contribution in [0.1, 0.15) is 44.5 Å². The van der Waals surface area contributed by atoms with Crippen molar-refractivity contribution in [3.8, 4) is 11.3 Å². The zero-order chi connectivity index (χ0) is 19.6. The van der Waals surface area contributed by atoms with E-state index in [1.54, 1.807) is 0 Å². The van der Waals surface area contributed by atoms with E-state index >= 15 is 0 Å².